The van der Waals surface area contributed by atoms with Gasteiger partial charge in [0.25, 0.3) is 11.5 Å². The van der Waals surface area contributed by atoms with Gasteiger partial charge in [0, 0.05) is 31.7 Å². The van der Waals surface area contributed by atoms with Crippen LogP contribution in [0.2, 0.25) is 0 Å². The summed E-state index contributed by atoms with van der Waals surface area (Å²) < 4.78 is 34.9. The molecule has 1 aromatic carbocycles. The number of pyridine rings is 1. The fourth-order valence-electron chi connectivity index (χ4n) is 3.50. The van der Waals surface area contributed by atoms with Gasteiger partial charge in [-0.2, -0.15) is 0 Å². The van der Waals surface area contributed by atoms with Gasteiger partial charge in [-0.3, -0.25) is 14.8 Å². The molecule has 0 saturated carbocycles. The standard InChI is InChI=1S/C22H28N2O7S/c1-22(21(26)23-27,32(2,28)29)10-12-24-11-9-17(14-20(24)25)16-5-7-18(8-6-16)31-15-19-4-3-13-30-19/h5-9,11,14,19,27H,3-4,10,12-13,15H2,1-2H3,(H,23,26). The highest BCUT2D eigenvalue weighted by atomic mass is 32.2. The number of hydroxylamine groups is 1. The van der Waals surface area contributed by atoms with Crippen LogP contribution in [0.1, 0.15) is 26.2 Å². The Balaban J connectivity index is 1.68. The van der Waals surface area contributed by atoms with E-state index in [2.05, 4.69) is 0 Å². The lowest BCUT2D eigenvalue weighted by Crippen LogP contribution is -2.49. The summed E-state index contributed by atoms with van der Waals surface area (Å²) in [6.45, 7) is 2.50. The van der Waals surface area contributed by atoms with Crippen molar-refractivity contribution in [1.29, 1.82) is 0 Å². The van der Waals surface area contributed by atoms with Crippen LogP contribution in [0.25, 0.3) is 11.1 Å². The van der Waals surface area contributed by atoms with Gasteiger partial charge in [-0.1, -0.05) is 12.1 Å². The van der Waals surface area contributed by atoms with Gasteiger partial charge in [0.1, 0.15) is 12.4 Å². The number of carbonyl (C=O) groups is 1. The largest absolute Gasteiger partial charge is 0.491 e. The van der Waals surface area contributed by atoms with Gasteiger partial charge in [-0.15, -0.1) is 0 Å². The van der Waals surface area contributed by atoms with Crippen LogP contribution in [-0.2, 0) is 25.9 Å². The number of sulfone groups is 1. The number of amides is 1. The Morgan fingerprint density at radius 1 is 1.28 bits per heavy atom. The summed E-state index contributed by atoms with van der Waals surface area (Å²) in [7, 11) is -3.83. The molecule has 1 aliphatic heterocycles. The van der Waals surface area contributed by atoms with Gasteiger partial charge in [0.2, 0.25) is 0 Å². The lowest BCUT2D eigenvalue weighted by atomic mass is 10.1. The normalized spacial score (nSPS) is 18.2. The highest BCUT2D eigenvalue weighted by Gasteiger charge is 2.43. The van der Waals surface area contributed by atoms with Crippen molar-refractivity contribution in [3.63, 3.8) is 0 Å². The zero-order valence-corrected chi connectivity index (χ0v) is 18.9. The van der Waals surface area contributed by atoms with Crippen molar-refractivity contribution in [1.82, 2.24) is 10.0 Å². The van der Waals surface area contributed by atoms with Gasteiger partial charge in [-0.05, 0) is 55.5 Å². The lowest BCUT2D eigenvalue weighted by molar-refractivity contribution is -0.131. The summed E-state index contributed by atoms with van der Waals surface area (Å²) in [6.07, 6.45) is 4.49. The van der Waals surface area contributed by atoms with Crippen LogP contribution in [0.15, 0.2) is 47.4 Å². The summed E-state index contributed by atoms with van der Waals surface area (Å²) in [5.41, 5.74) is 2.61. The number of benzene rings is 1. The maximum Gasteiger partial charge on any atom is 0.264 e. The van der Waals surface area contributed by atoms with Crippen molar-refractivity contribution in [3.05, 3.63) is 52.9 Å². The molecule has 1 aromatic heterocycles. The highest BCUT2D eigenvalue weighted by Crippen LogP contribution is 2.24. The van der Waals surface area contributed by atoms with E-state index in [1.807, 2.05) is 24.3 Å². The molecule has 2 unspecified atom stereocenters. The number of nitrogens with one attached hydrogen (secondary N) is 1. The molecule has 2 N–H and O–H groups in total. The molecular formula is C22H28N2O7S. The lowest BCUT2D eigenvalue weighted by Gasteiger charge is -2.25. The van der Waals surface area contributed by atoms with E-state index in [1.54, 1.807) is 12.3 Å². The molecule has 9 nitrogen and oxygen atoms in total. The first-order valence-electron chi connectivity index (χ1n) is 10.3. The Morgan fingerprint density at radius 2 is 2.00 bits per heavy atom. The third-order valence-electron chi connectivity index (χ3n) is 5.87. The number of aryl methyl sites for hydroxylation is 1. The Bertz CT molecular complexity index is 1110. The van der Waals surface area contributed by atoms with Crippen LogP contribution in [0, 0.1) is 0 Å². The number of aromatic nitrogens is 1. The Labute approximate surface area is 186 Å². The summed E-state index contributed by atoms with van der Waals surface area (Å²) in [5.74, 6) is -0.314. The van der Waals surface area contributed by atoms with Crippen molar-refractivity contribution < 1.29 is 27.9 Å². The molecule has 1 amide bonds. The van der Waals surface area contributed by atoms with E-state index in [-0.39, 0.29) is 24.6 Å². The first kappa shape index (κ1) is 24.0. The van der Waals surface area contributed by atoms with Crippen LogP contribution in [0.3, 0.4) is 0 Å². The second kappa shape index (κ2) is 9.85. The molecule has 1 saturated heterocycles. The molecule has 1 aliphatic rings. The van der Waals surface area contributed by atoms with Crippen molar-refractivity contribution >= 4 is 15.7 Å². The van der Waals surface area contributed by atoms with Gasteiger partial charge >= 0.3 is 0 Å². The molecule has 2 atom stereocenters. The molecule has 0 spiro atoms. The Hall–Kier alpha value is -2.69. The minimum Gasteiger partial charge on any atom is -0.491 e. The fraction of sp³-hybridized carbons (Fsp3) is 0.455. The van der Waals surface area contributed by atoms with E-state index in [9.17, 15) is 18.0 Å². The molecule has 0 aliphatic carbocycles. The monoisotopic (exact) mass is 464 g/mol. The van der Waals surface area contributed by atoms with Crippen molar-refractivity contribution in [2.45, 2.75) is 43.6 Å². The SMILES string of the molecule is CC(CCn1ccc(-c2ccc(OCC3CCCO3)cc2)cc1=O)(C(=O)NO)S(C)(=O)=O. The molecule has 2 heterocycles. The minimum atomic E-state index is -3.83. The van der Waals surface area contributed by atoms with E-state index >= 15 is 0 Å². The van der Waals surface area contributed by atoms with Crippen LogP contribution in [0.5, 0.6) is 5.75 Å². The van der Waals surface area contributed by atoms with Crippen LogP contribution in [-0.4, -0.2) is 54.4 Å². The molecule has 0 bridgehead atoms. The van der Waals surface area contributed by atoms with E-state index in [4.69, 9.17) is 14.7 Å². The van der Waals surface area contributed by atoms with Gasteiger partial charge in [0.05, 0.1) is 6.10 Å². The minimum absolute atomic E-state index is 0.00782. The van der Waals surface area contributed by atoms with Crippen molar-refractivity contribution in [3.8, 4) is 16.9 Å². The molecule has 1 fully saturated rings. The topological polar surface area (TPSA) is 124 Å². The Kier molecular flexibility index (Phi) is 7.37. The quantitative estimate of drug-likeness (QED) is 0.428. The fourth-order valence-corrected chi connectivity index (χ4v) is 4.34. The molecule has 32 heavy (non-hydrogen) atoms. The van der Waals surface area contributed by atoms with Crippen LogP contribution in [0.4, 0.5) is 0 Å². The predicted octanol–water partition coefficient (Wildman–Crippen LogP) is 1.77. The zero-order valence-electron chi connectivity index (χ0n) is 18.1. The van der Waals surface area contributed by atoms with Crippen molar-refractivity contribution in [2.24, 2.45) is 0 Å². The second-order valence-electron chi connectivity index (χ2n) is 8.11. The van der Waals surface area contributed by atoms with Gasteiger partial charge < -0.3 is 14.0 Å². The van der Waals surface area contributed by atoms with E-state index in [1.165, 1.54) is 23.0 Å². The van der Waals surface area contributed by atoms with Crippen LogP contribution < -0.4 is 15.8 Å². The maximum absolute atomic E-state index is 12.6. The third-order valence-corrected chi connectivity index (χ3v) is 7.90. The number of hydrogen-bond donors (Lipinski definition) is 2. The van der Waals surface area contributed by atoms with Gasteiger partial charge in [0.15, 0.2) is 14.6 Å². The van der Waals surface area contributed by atoms with E-state index < -0.39 is 20.5 Å². The number of carbonyl (C=O) groups excluding carboxylic acids is 1. The number of hydrogen-bond acceptors (Lipinski definition) is 7. The average molecular weight is 465 g/mol. The average Bonchev–Trinajstić information content (AvgIpc) is 3.29. The van der Waals surface area contributed by atoms with Crippen molar-refractivity contribution in [2.75, 3.05) is 19.5 Å². The highest BCUT2D eigenvalue weighted by molar-refractivity contribution is 7.92. The molecule has 174 valence electrons. The maximum atomic E-state index is 12.6. The summed E-state index contributed by atoms with van der Waals surface area (Å²) in [5, 5.41) is 8.91. The zero-order chi connectivity index (χ0) is 23.4. The third kappa shape index (κ3) is 5.37. The first-order valence-corrected chi connectivity index (χ1v) is 12.2. The molecule has 2 aromatic rings. The summed E-state index contributed by atoms with van der Waals surface area (Å²) in [4.78, 5) is 24.5. The van der Waals surface area contributed by atoms with Crippen LogP contribution >= 0.6 is 0 Å². The number of nitrogens with zero attached hydrogens (tertiary/aromatic N) is 1. The molecule has 0 radical (unpaired) electrons. The number of rotatable bonds is 9. The number of ether oxygens (including phenoxy) is 2. The Morgan fingerprint density at radius 3 is 2.56 bits per heavy atom. The first-order chi connectivity index (χ1) is 15.1. The van der Waals surface area contributed by atoms with E-state index in [0.717, 1.165) is 37.0 Å². The second-order valence-corrected chi connectivity index (χ2v) is 10.6. The van der Waals surface area contributed by atoms with E-state index in [0.29, 0.717) is 12.2 Å². The molecular weight excluding hydrogens is 436 g/mol. The summed E-state index contributed by atoms with van der Waals surface area (Å²) in [6, 6.07) is 10.6. The molecule has 3 rings (SSSR count). The molecule has 10 heteroatoms. The predicted molar refractivity (Wildman–Crippen MR) is 118 cm³/mol. The summed E-state index contributed by atoms with van der Waals surface area (Å²) >= 11 is 0. The smallest absolute Gasteiger partial charge is 0.264 e. The van der Waals surface area contributed by atoms with Gasteiger partial charge in [-0.25, -0.2) is 13.9 Å².